The van der Waals surface area contributed by atoms with Gasteiger partial charge in [0.25, 0.3) is 0 Å². The molecule has 2 N–H and O–H groups in total. The normalized spacial score (nSPS) is 13.1. The predicted octanol–water partition coefficient (Wildman–Crippen LogP) is 4.50. The maximum absolute atomic E-state index is 6.25. The fourth-order valence-corrected chi connectivity index (χ4v) is 3.00. The Morgan fingerprint density at radius 1 is 1.33 bits per heavy atom. The zero-order valence-corrected chi connectivity index (χ0v) is 11.4. The smallest absolute Gasteiger partial charge is 0.134 e. The summed E-state index contributed by atoms with van der Waals surface area (Å²) >= 11 is 7.64. The zero-order valence-electron chi connectivity index (χ0n) is 9.81. The van der Waals surface area contributed by atoms with Gasteiger partial charge in [-0.25, -0.2) is 0 Å². The lowest BCUT2D eigenvalue weighted by molar-refractivity contribution is 0.524. The summed E-state index contributed by atoms with van der Waals surface area (Å²) in [5, 5.41) is 3.76. The van der Waals surface area contributed by atoms with E-state index in [1.807, 2.05) is 42.6 Å². The molecule has 0 amide bonds. The standard InChI is InChI=1S/C14H12ClNOS/c1-8-10-7-9(15)4-5-11(10)17-14(8)13(16)12-3-2-6-18-12/h2-7,13H,16H2,1H3. The molecule has 1 atom stereocenters. The van der Waals surface area contributed by atoms with Crippen LogP contribution in [0.25, 0.3) is 11.0 Å². The Hall–Kier alpha value is -1.29. The molecule has 2 nitrogen and oxygen atoms in total. The Kier molecular flexibility index (Phi) is 2.90. The topological polar surface area (TPSA) is 39.2 Å². The number of nitrogens with two attached hydrogens (primary N) is 1. The fourth-order valence-electron chi connectivity index (χ4n) is 2.11. The Morgan fingerprint density at radius 3 is 2.89 bits per heavy atom. The molecule has 3 rings (SSSR count). The maximum atomic E-state index is 6.25. The van der Waals surface area contributed by atoms with Crippen LogP contribution >= 0.6 is 22.9 Å². The van der Waals surface area contributed by atoms with Crippen LogP contribution in [0.5, 0.6) is 0 Å². The highest BCUT2D eigenvalue weighted by Crippen LogP contribution is 2.34. The van der Waals surface area contributed by atoms with Crippen molar-refractivity contribution in [2.45, 2.75) is 13.0 Å². The molecule has 0 spiro atoms. The first-order valence-corrected chi connectivity index (χ1v) is 6.90. The molecule has 0 radical (unpaired) electrons. The van der Waals surface area contributed by atoms with Gasteiger partial charge in [-0.15, -0.1) is 11.3 Å². The van der Waals surface area contributed by atoms with Crippen molar-refractivity contribution in [3.63, 3.8) is 0 Å². The molecule has 0 aliphatic carbocycles. The Bertz CT molecular complexity index is 687. The van der Waals surface area contributed by atoms with Crippen LogP contribution in [0.1, 0.15) is 22.2 Å². The highest BCUT2D eigenvalue weighted by atomic mass is 35.5. The molecule has 92 valence electrons. The molecule has 2 aromatic heterocycles. The number of rotatable bonds is 2. The SMILES string of the molecule is Cc1c(C(N)c2cccs2)oc2ccc(Cl)cc12. The Morgan fingerprint density at radius 2 is 2.17 bits per heavy atom. The number of halogens is 1. The van der Waals surface area contributed by atoms with Gasteiger partial charge >= 0.3 is 0 Å². The molecule has 1 aromatic carbocycles. The molecule has 0 bridgehead atoms. The fraction of sp³-hybridized carbons (Fsp3) is 0.143. The molecule has 0 saturated carbocycles. The van der Waals surface area contributed by atoms with Crippen molar-refractivity contribution in [2.75, 3.05) is 0 Å². The second kappa shape index (κ2) is 4.43. The molecule has 2 heterocycles. The summed E-state index contributed by atoms with van der Waals surface area (Å²) in [5.41, 5.74) is 8.14. The van der Waals surface area contributed by atoms with Crippen molar-refractivity contribution in [1.29, 1.82) is 0 Å². The van der Waals surface area contributed by atoms with E-state index in [-0.39, 0.29) is 6.04 Å². The molecule has 18 heavy (non-hydrogen) atoms. The van der Waals surface area contributed by atoms with Gasteiger partial charge in [0.2, 0.25) is 0 Å². The second-order valence-corrected chi connectivity index (χ2v) is 5.64. The van der Waals surface area contributed by atoms with Crippen LogP contribution in [0.3, 0.4) is 0 Å². The number of hydrogen-bond acceptors (Lipinski definition) is 3. The van der Waals surface area contributed by atoms with E-state index in [2.05, 4.69) is 0 Å². The minimum atomic E-state index is -0.212. The van der Waals surface area contributed by atoms with Crippen LogP contribution < -0.4 is 5.73 Å². The first-order valence-electron chi connectivity index (χ1n) is 5.64. The Balaban J connectivity index is 2.15. The number of fused-ring (bicyclic) bond motifs is 1. The van der Waals surface area contributed by atoms with Gasteiger partial charge in [-0.05, 0) is 36.6 Å². The lowest BCUT2D eigenvalue weighted by Crippen LogP contribution is -2.10. The van der Waals surface area contributed by atoms with Crippen LogP contribution in [0.2, 0.25) is 5.02 Å². The van der Waals surface area contributed by atoms with Crippen LogP contribution in [0.15, 0.2) is 40.1 Å². The third kappa shape index (κ3) is 1.85. The number of aryl methyl sites for hydroxylation is 1. The van der Waals surface area contributed by atoms with Gasteiger partial charge in [-0.1, -0.05) is 17.7 Å². The second-order valence-electron chi connectivity index (χ2n) is 4.22. The van der Waals surface area contributed by atoms with Gasteiger partial charge < -0.3 is 10.2 Å². The van der Waals surface area contributed by atoms with Gasteiger partial charge in [-0.3, -0.25) is 0 Å². The molecular formula is C14H12ClNOS. The van der Waals surface area contributed by atoms with Gasteiger partial charge in [0.1, 0.15) is 11.3 Å². The monoisotopic (exact) mass is 277 g/mol. The van der Waals surface area contributed by atoms with Crippen LogP contribution in [0.4, 0.5) is 0 Å². The Labute approximate surface area is 114 Å². The van der Waals surface area contributed by atoms with E-state index in [4.69, 9.17) is 21.8 Å². The van der Waals surface area contributed by atoms with E-state index in [0.29, 0.717) is 5.02 Å². The minimum absolute atomic E-state index is 0.212. The molecule has 0 saturated heterocycles. The molecule has 4 heteroatoms. The van der Waals surface area contributed by atoms with E-state index in [9.17, 15) is 0 Å². The lowest BCUT2D eigenvalue weighted by Gasteiger charge is -2.06. The molecule has 0 aliphatic heterocycles. The molecule has 1 unspecified atom stereocenters. The predicted molar refractivity (Wildman–Crippen MR) is 76.3 cm³/mol. The highest BCUT2D eigenvalue weighted by Gasteiger charge is 2.19. The van der Waals surface area contributed by atoms with Crippen LogP contribution in [0, 0.1) is 6.92 Å². The number of benzene rings is 1. The zero-order chi connectivity index (χ0) is 12.7. The summed E-state index contributed by atoms with van der Waals surface area (Å²) in [5.74, 6) is 0.815. The number of thiophene rings is 1. The summed E-state index contributed by atoms with van der Waals surface area (Å²) in [7, 11) is 0. The summed E-state index contributed by atoms with van der Waals surface area (Å²) in [6, 6.07) is 9.43. The summed E-state index contributed by atoms with van der Waals surface area (Å²) in [4.78, 5) is 1.10. The number of furan rings is 1. The molecular weight excluding hydrogens is 266 g/mol. The number of hydrogen-bond donors (Lipinski definition) is 1. The van der Waals surface area contributed by atoms with E-state index in [1.54, 1.807) is 11.3 Å². The van der Waals surface area contributed by atoms with E-state index >= 15 is 0 Å². The van der Waals surface area contributed by atoms with Crippen LogP contribution in [-0.2, 0) is 0 Å². The maximum Gasteiger partial charge on any atom is 0.134 e. The first kappa shape index (κ1) is 11.8. The van der Waals surface area contributed by atoms with Gasteiger partial charge in [-0.2, -0.15) is 0 Å². The van der Waals surface area contributed by atoms with Gasteiger partial charge in [0, 0.05) is 20.8 Å². The summed E-state index contributed by atoms with van der Waals surface area (Å²) < 4.78 is 5.86. The lowest BCUT2D eigenvalue weighted by atomic mass is 10.1. The molecule has 0 aliphatic rings. The minimum Gasteiger partial charge on any atom is -0.459 e. The van der Waals surface area contributed by atoms with E-state index in [1.165, 1.54) is 0 Å². The van der Waals surface area contributed by atoms with E-state index < -0.39 is 0 Å². The van der Waals surface area contributed by atoms with Crippen LogP contribution in [-0.4, -0.2) is 0 Å². The van der Waals surface area contributed by atoms with E-state index in [0.717, 1.165) is 27.2 Å². The van der Waals surface area contributed by atoms with Crippen molar-refractivity contribution in [3.05, 3.63) is 56.9 Å². The van der Waals surface area contributed by atoms with Crippen molar-refractivity contribution in [1.82, 2.24) is 0 Å². The molecule has 0 fully saturated rings. The third-order valence-electron chi connectivity index (χ3n) is 3.07. The average molecular weight is 278 g/mol. The van der Waals surface area contributed by atoms with Crippen molar-refractivity contribution in [2.24, 2.45) is 5.73 Å². The van der Waals surface area contributed by atoms with Gasteiger partial charge in [0.15, 0.2) is 0 Å². The highest BCUT2D eigenvalue weighted by molar-refractivity contribution is 7.10. The van der Waals surface area contributed by atoms with Crippen molar-refractivity contribution in [3.8, 4) is 0 Å². The summed E-state index contributed by atoms with van der Waals surface area (Å²) in [6.45, 7) is 2.02. The largest absolute Gasteiger partial charge is 0.459 e. The first-order chi connectivity index (χ1) is 8.66. The molecule has 3 aromatic rings. The third-order valence-corrected chi connectivity index (χ3v) is 4.26. The van der Waals surface area contributed by atoms with Crippen molar-refractivity contribution < 1.29 is 4.42 Å². The van der Waals surface area contributed by atoms with Crippen molar-refractivity contribution >= 4 is 33.9 Å². The summed E-state index contributed by atoms with van der Waals surface area (Å²) in [6.07, 6.45) is 0. The quantitative estimate of drug-likeness (QED) is 0.749. The van der Waals surface area contributed by atoms with Gasteiger partial charge in [0.05, 0.1) is 6.04 Å². The average Bonchev–Trinajstić information content (AvgIpc) is 2.98.